The number of rotatable bonds is 2. The third-order valence-corrected chi connectivity index (χ3v) is 1.91. The van der Waals surface area contributed by atoms with Gasteiger partial charge in [0.15, 0.2) is 5.82 Å². The largest absolute Gasteiger partial charge is 0.307 e. The second-order valence-electron chi connectivity index (χ2n) is 3.21. The molecule has 0 spiro atoms. The van der Waals surface area contributed by atoms with Gasteiger partial charge in [-0.25, -0.2) is 4.39 Å². The van der Waals surface area contributed by atoms with Gasteiger partial charge < -0.3 is 0 Å². The Morgan fingerprint density at radius 2 is 1.69 bits per heavy atom. The highest BCUT2D eigenvalue weighted by Gasteiger charge is 2.21. The first-order chi connectivity index (χ1) is 7.45. The van der Waals surface area contributed by atoms with Crippen molar-refractivity contribution >= 4 is 5.69 Å². The van der Waals surface area contributed by atoms with E-state index in [0.29, 0.717) is 0 Å². The quantitative estimate of drug-likeness (QED) is 0.569. The van der Waals surface area contributed by atoms with Gasteiger partial charge in [0.1, 0.15) is 0 Å². The Labute approximate surface area is 93.2 Å². The summed E-state index contributed by atoms with van der Waals surface area (Å²) in [6, 6.07) is 2.22. The Morgan fingerprint density at radius 1 is 1.19 bits per heavy atom. The van der Waals surface area contributed by atoms with Crippen LogP contribution in [0.4, 0.5) is 14.5 Å². The minimum Gasteiger partial charge on any atom is -0.258 e. The number of halogens is 2. The van der Waals surface area contributed by atoms with Gasteiger partial charge in [0.2, 0.25) is 5.82 Å². The molecule has 0 saturated heterocycles. The maximum atomic E-state index is 13.2. The van der Waals surface area contributed by atoms with Gasteiger partial charge in [-0.15, -0.1) is 0 Å². The molecule has 90 valence electrons. The fourth-order valence-electron chi connectivity index (χ4n) is 1.14. The lowest BCUT2D eigenvalue weighted by Crippen LogP contribution is -2.01. The van der Waals surface area contributed by atoms with Crippen LogP contribution in [-0.4, -0.2) is 4.92 Å². The molecule has 16 heavy (non-hydrogen) atoms. The van der Waals surface area contributed by atoms with E-state index in [-0.39, 0.29) is 11.5 Å². The van der Waals surface area contributed by atoms with E-state index in [2.05, 4.69) is 0 Å². The topological polar surface area (TPSA) is 43.1 Å². The summed E-state index contributed by atoms with van der Waals surface area (Å²) in [5.74, 6) is -2.72. The summed E-state index contributed by atoms with van der Waals surface area (Å²) in [7, 11) is 0. The van der Waals surface area contributed by atoms with Crippen LogP contribution in [0, 0.1) is 21.7 Å². The van der Waals surface area contributed by atoms with Gasteiger partial charge in [-0.05, 0) is 17.5 Å². The number of benzene rings is 1. The standard InChI is InChI=1S/C9H9F2NO2.C2H6/c1-5(2)6-3-4-7(12(13)14)9(11)8(6)10;1-2/h3-5H,1-2H3;1-2H3. The number of nitro benzene ring substituents is 1. The molecule has 3 nitrogen and oxygen atoms in total. The highest BCUT2D eigenvalue weighted by Crippen LogP contribution is 2.26. The van der Waals surface area contributed by atoms with Crippen LogP contribution in [0.5, 0.6) is 0 Å². The van der Waals surface area contributed by atoms with Crippen LogP contribution in [0.3, 0.4) is 0 Å². The summed E-state index contributed by atoms with van der Waals surface area (Å²) in [6.45, 7) is 7.37. The number of nitrogens with zero attached hydrogens (tertiary/aromatic N) is 1. The summed E-state index contributed by atoms with van der Waals surface area (Å²) in [5, 5.41) is 10.3. The van der Waals surface area contributed by atoms with Crippen LogP contribution in [0.25, 0.3) is 0 Å². The molecular weight excluding hydrogens is 216 g/mol. The molecule has 0 aliphatic heterocycles. The molecule has 0 unspecified atom stereocenters. The first kappa shape index (κ1) is 14.5. The summed E-state index contributed by atoms with van der Waals surface area (Å²) in [5.41, 5.74) is -0.681. The Hall–Kier alpha value is -1.52. The van der Waals surface area contributed by atoms with Crippen LogP contribution in [-0.2, 0) is 0 Å². The molecule has 1 rings (SSSR count). The van der Waals surface area contributed by atoms with Crippen LogP contribution < -0.4 is 0 Å². The second kappa shape index (κ2) is 6.15. The molecule has 0 fully saturated rings. The normalized spacial score (nSPS) is 9.69. The maximum absolute atomic E-state index is 13.2. The van der Waals surface area contributed by atoms with Gasteiger partial charge in [0.25, 0.3) is 0 Å². The van der Waals surface area contributed by atoms with E-state index in [0.717, 1.165) is 6.07 Å². The average molecular weight is 231 g/mol. The highest BCUT2D eigenvalue weighted by molar-refractivity contribution is 5.37. The monoisotopic (exact) mass is 231 g/mol. The molecule has 0 saturated carbocycles. The molecule has 0 aromatic heterocycles. The zero-order chi connectivity index (χ0) is 12.9. The molecule has 1 aromatic rings. The van der Waals surface area contributed by atoms with Crippen LogP contribution in [0.1, 0.15) is 39.2 Å². The van der Waals surface area contributed by atoms with Crippen LogP contribution >= 0.6 is 0 Å². The van der Waals surface area contributed by atoms with E-state index in [1.807, 2.05) is 13.8 Å². The van der Waals surface area contributed by atoms with Crippen molar-refractivity contribution in [2.75, 3.05) is 0 Å². The lowest BCUT2D eigenvalue weighted by Gasteiger charge is -2.06. The first-order valence-corrected chi connectivity index (χ1v) is 5.07. The molecule has 1 aromatic carbocycles. The highest BCUT2D eigenvalue weighted by atomic mass is 19.2. The van der Waals surface area contributed by atoms with Gasteiger partial charge in [-0.3, -0.25) is 10.1 Å². The predicted molar refractivity (Wildman–Crippen MR) is 58.4 cm³/mol. The van der Waals surface area contributed by atoms with Crippen molar-refractivity contribution < 1.29 is 13.7 Å². The summed E-state index contributed by atoms with van der Waals surface area (Å²) < 4.78 is 26.3. The maximum Gasteiger partial charge on any atom is 0.307 e. The Kier molecular flexibility index (Phi) is 5.56. The first-order valence-electron chi connectivity index (χ1n) is 5.07. The SMILES string of the molecule is CC.CC(C)c1ccc([N+](=O)[O-])c(F)c1F. The molecule has 0 amide bonds. The minimum absolute atomic E-state index is 0.146. The van der Waals surface area contributed by atoms with Crippen molar-refractivity contribution in [3.63, 3.8) is 0 Å². The van der Waals surface area contributed by atoms with E-state index in [4.69, 9.17) is 0 Å². The van der Waals surface area contributed by atoms with Crippen molar-refractivity contribution in [1.82, 2.24) is 0 Å². The van der Waals surface area contributed by atoms with Crippen LogP contribution in [0.2, 0.25) is 0 Å². The van der Waals surface area contributed by atoms with Crippen molar-refractivity contribution in [2.24, 2.45) is 0 Å². The number of hydrogen-bond donors (Lipinski definition) is 0. The van der Waals surface area contributed by atoms with E-state index in [1.54, 1.807) is 13.8 Å². The fraction of sp³-hybridized carbons (Fsp3) is 0.455. The number of hydrogen-bond acceptors (Lipinski definition) is 2. The van der Waals surface area contributed by atoms with Gasteiger partial charge >= 0.3 is 5.69 Å². The lowest BCUT2D eigenvalue weighted by atomic mass is 10.0. The second-order valence-corrected chi connectivity index (χ2v) is 3.21. The Morgan fingerprint density at radius 3 is 2.06 bits per heavy atom. The number of nitro groups is 1. The molecular formula is C11H15F2NO2. The summed E-state index contributed by atoms with van der Waals surface area (Å²) in [6.07, 6.45) is 0. The van der Waals surface area contributed by atoms with E-state index in [1.165, 1.54) is 6.07 Å². The van der Waals surface area contributed by atoms with Crippen molar-refractivity contribution in [2.45, 2.75) is 33.6 Å². The molecule has 5 heteroatoms. The smallest absolute Gasteiger partial charge is 0.258 e. The van der Waals surface area contributed by atoms with E-state index < -0.39 is 22.2 Å². The molecule has 0 heterocycles. The van der Waals surface area contributed by atoms with Crippen molar-refractivity contribution in [1.29, 1.82) is 0 Å². The molecule has 0 aliphatic carbocycles. The average Bonchev–Trinajstić information content (AvgIpc) is 2.23. The summed E-state index contributed by atoms with van der Waals surface area (Å²) in [4.78, 5) is 9.31. The van der Waals surface area contributed by atoms with Gasteiger partial charge in [0.05, 0.1) is 4.92 Å². The van der Waals surface area contributed by atoms with Crippen LogP contribution in [0.15, 0.2) is 12.1 Å². The molecule has 0 radical (unpaired) electrons. The molecule has 0 bridgehead atoms. The third kappa shape index (κ3) is 2.98. The lowest BCUT2D eigenvalue weighted by molar-refractivity contribution is -0.387. The Bertz CT molecular complexity index is 378. The van der Waals surface area contributed by atoms with Crippen molar-refractivity contribution in [3.8, 4) is 0 Å². The molecule has 0 aliphatic rings. The van der Waals surface area contributed by atoms with Crippen molar-refractivity contribution in [3.05, 3.63) is 39.4 Å². The molecule has 0 atom stereocenters. The predicted octanol–water partition coefficient (Wildman–Crippen LogP) is 4.02. The summed E-state index contributed by atoms with van der Waals surface area (Å²) >= 11 is 0. The van der Waals surface area contributed by atoms with E-state index >= 15 is 0 Å². The third-order valence-electron chi connectivity index (χ3n) is 1.91. The zero-order valence-corrected chi connectivity index (χ0v) is 9.75. The zero-order valence-electron chi connectivity index (χ0n) is 9.75. The van der Waals surface area contributed by atoms with Gasteiger partial charge in [-0.2, -0.15) is 4.39 Å². The van der Waals surface area contributed by atoms with Gasteiger partial charge in [-0.1, -0.05) is 27.7 Å². The minimum atomic E-state index is -1.39. The fourth-order valence-corrected chi connectivity index (χ4v) is 1.14. The van der Waals surface area contributed by atoms with Gasteiger partial charge in [0, 0.05) is 6.07 Å². The Balaban J connectivity index is 0.00000106. The molecule has 0 N–H and O–H groups in total. The van der Waals surface area contributed by atoms with E-state index in [9.17, 15) is 18.9 Å².